The number of aryl methyl sites for hydroxylation is 1. The molecule has 170 valence electrons. The molecule has 3 atom stereocenters. The van der Waals surface area contributed by atoms with Crippen molar-refractivity contribution < 1.29 is 9.59 Å². The molecule has 0 aliphatic carbocycles. The zero-order chi connectivity index (χ0) is 22.7. The summed E-state index contributed by atoms with van der Waals surface area (Å²) in [5.41, 5.74) is 3.65. The van der Waals surface area contributed by atoms with Crippen molar-refractivity contribution >= 4 is 11.8 Å². The van der Waals surface area contributed by atoms with Crippen LogP contribution in [0.4, 0.5) is 0 Å². The van der Waals surface area contributed by atoms with E-state index in [-0.39, 0.29) is 11.8 Å². The number of nitrogens with zero attached hydrogens (tertiary/aromatic N) is 2. The molecule has 0 saturated carbocycles. The third-order valence-electron chi connectivity index (χ3n) is 7.05. The Balaban J connectivity index is 1.42. The molecule has 0 aromatic heterocycles. The largest absolute Gasteiger partial charge is 0.354 e. The second-order valence-corrected chi connectivity index (χ2v) is 9.42. The number of fused-ring (bicyclic) bond motifs is 1. The predicted molar refractivity (Wildman–Crippen MR) is 127 cm³/mol. The highest BCUT2D eigenvalue weighted by Crippen LogP contribution is 2.35. The van der Waals surface area contributed by atoms with E-state index in [9.17, 15) is 9.59 Å². The second kappa shape index (κ2) is 9.86. The number of carbonyl (C=O) groups excluding carboxylic acids is 2. The summed E-state index contributed by atoms with van der Waals surface area (Å²) in [4.78, 5) is 30.7. The average Bonchev–Trinajstić information content (AvgIpc) is 3.06. The molecule has 1 fully saturated rings. The normalized spacial score (nSPS) is 23.3. The first-order valence-corrected chi connectivity index (χ1v) is 11.9. The molecular formula is C27H35N3O2. The van der Waals surface area contributed by atoms with Gasteiger partial charge in [-0.3, -0.25) is 14.5 Å². The minimum absolute atomic E-state index is 0.0720. The molecular weight excluding hydrogens is 398 g/mol. The van der Waals surface area contributed by atoms with E-state index in [1.807, 2.05) is 55.5 Å². The summed E-state index contributed by atoms with van der Waals surface area (Å²) >= 11 is 0. The van der Waals surface area contributed by atoms with Crippen molar-refractivity contribution in [1.29, 1.82) is 0 Å². The van der Waals surface area contributed by atoms with Gasteiger partial charge in [0.25, 0.3) is 5.91 Å². The number of amides is 2. The summed E-state index contributed by atoms with van der Waals surface area (Å²) < 4.78 is 0. The lowest BCUT2D eigenvalue weighted by molar-refractivity contribution is -0.125. The zero-order valence-corrected chi connectivity index (χ0v) is 19.5. The molecule has 2 aromatic carbocycles. The third-order valence-corrected chi connectivity index (χ3v) is 7.05. The molecule has 1 N–H and O–H groups in total. The summed E-state index contributed by atoms with van der Waals surface area (Å²) in [6.07, 6.45) is 4.74. The fourth-order valence-electron chi connectivity index (χ4n) is 5.19. The molecule has 5 nitrogen and oxygen atoms in total. The maximum absolute atomic E-state index is 13.3. The van der Waals surface area contributed by atoms with Crippen molar-refractivity contribution in [3.63, 3.8) is 0 Å². The summed E-state index contributed by atoms with van der Waals surface area (Å²) in [6.45, 7) is 8.70. The Bertz CT molecular complexity index is 946. The molecule has 2 aliphatic rings. The molecule has 2 aliphatic heterocycles. The number of benzene rings is 2. The summed E-state index contributed by atoms with van der Waals surface area (Å²) in [5.74, 6) is -0.160. The van der Waals surface area contributed by atoms with Crippen LogP contribution in [0, 0.1) is 6.92 Å². The van der Waals surface area contributed by atoms with E-state index in [2.05, 4.69) is 24.1 Å². The zero-order valence-electron chi connectivity index (χ0n) is 19.5. The highest BCUT2D eigenvalue weighted by molar-refractivity contribution is 6.04. The van der Waals surface area contributed by atoms with E-state index in [1.165, 1.54) is 24.8 Å². The first-order chi connectivity index (χ1) is 15.5. The van der Waals surface area contributed by atoms with Crippen molar-refractivity contribution in [3.8, 4) is 0 Å². The number of hydrogen-bond donors (Lipinski definition) is 1. The molecule has 0 bridgehead atoms. The Kier molecular flexibility index (Phi) is 6.95. The highest BCUT2D eigenvalue weighted by atomic mass is 16.2. The minimum atomic E-state index is -0.576. The third kappa shape index (κ3) is 4.73. The van der Waals surface area contributed by atoms with E-state index < -0.39 is 6.04 Å². The molecule has 32 heavy (non-hydrogen) atoms. The summed E-state index contributed by atoms with van der Waals surface area (Å²) in [5, 5.41) is 3.12. The maximum Gasteiger partial charge on any atom is 0.255 e. The Hall–Kier alpha value is -2.66. The quantitative estimate of drug-likeness (QED) is 0.656. The predicted octanol–water partition coefficient (Wildman–Crippen LogP) is 4.46. The Morgan fingerprint density at radius 1 is 1.03 bits per heavy atom. The lowest BCUT2D eigenvalue weighted by atomic mass is 9.97. The highest BCUT2D eigenvalue weighted by Gasteiger charge is 2.40. The summed E-state index contributed by atoms with van der Waals surface area (Å²) in [7, 11) is 0. The number of piperidine rings is 1. The van der Waals surface area contributed by atoms with Crippen LogP contribution in [0.15, 0.2) is 48.5 Å². The Morgan fingerprint density at radius 2 is 1.72 bits per heavy atom. The van der Waals surface area contributed by atoms with E-state index in [0.717, 1.165) is 24.1 Å². The van der Waals surface area contributed by atoms with Crippen LogP contribution in [0.3, 0.4) is 0 Å². The van der Waals surface area contributed by atoms with Gasteiger partial charge in [0.1, 0.15) is 6.04 Å². The van der Waals surface area contributed by atoms with Crippen molar-refractivity contribution in [2.45, 2.75) is 71.1 Å². The topological polar surface area (TPSA) is 52.7 Å². The van der Waals surface area contributed by atoms with Crippen LogP contribution in [0.25, 0.3) is 0 Å². The second-order valence-electron chi connectivity index (χ2n) is 9.42. The molecule has 0 spiro atoms. The lowest BCUT2D eigenvalue weighted by Crippen LogP contribution is -2.45. The molecule has 2 heterocycles. The van der Waals surface area contributed by atoms with Gasteiger partial charge in [-0.15, -0.1) is 0 Å². The van der Waals surface area contributed by atoms with Crippen LogP contribution in [0.1, 0.15) is 72.6 Å². The maximum atomic E-state index is 13.3. The van der Waals surface area contributed by atoms with Crippen LogP contribution in [-0.2, 0) is 11.3 Å². The van der Waals surface area contributed by atoms with Gasteiger partial charge in [0.2, 0.25) is 5.91 Å². The lowest BCUT2D eigenvalue weighted by Gasteiger charge is -2.39. The van der Waals surface area contributed by atoms with Crippen LogP contribution < -0.4 is 5.32 Å². The van der Waals surface area contributed by atoms with Crippen molar-refractivity contribution in [1.82, 2.24) is 15.1 Å². The average molecular weight is 434 g/mol. The van der Waals surface area contributed by atoms with Crippen LogP contribution in [0.5, 0.6) is 0 Å². The molecule has 0 unspecified atom stereocenters. The van der Waals surface area contributed by atoms with E-state index in [1.54, 1.807) is 4.90 Å². The van der Waals surface area contributed by atoms with Gasteiger partial charge < -0.3 is 10.2 Å². The van der Waals surface area contributed by atoms with Gasteiger partial charge in [-0.2, -0.15) is 0 Å². The molecule has 2 aromatic rings. The van der Waals surface area contributed by atoms with E-state index >= 15 is 0 Å². The molecule has 2 amide bonds. The van der Waals surface area contributed by atoms with Gasteiger partial charge >= 0.3 is 0 Å². The molecule has 1 saturated heterocycles. The van der Waals surface area contributed by atoms with Gasteiger partial charge in [0.05, 0.1) is 0 Å². The van der Waals surface area contributed by atoms with Gasteiger partial charge in [-0.25, -0.2) is 0 Å². The number of hydrogen-bond acceptors (Lipinski definition) is 3. The number of rotatable bonds is 7. The van der Waals surface area contributed by atoms with E-state index in [4.69, 9.17) is 0 Å². The number of likely N-dealkylation sites (tertiary alicyclic amines) is 1. The van der Waals surface area contributed by atoms with Crippen molar-refractivity contribution in [2.24, 2.45) is 0 Å². The Labute approximate surface area is 191 Å². The fourth-order valence-corrected chi connectivity index (χ4v) is 5.19. The molecule has 0 radical (unpaired) electrons. The van der Waals surface area contributed by atoms with Crippen molar-refractivity contribution in [2.75, 3.05) is 13.1 Å². The van der Waals surface area contributed by atoms with Crippen LogP contribution >= 0.6 is 0 Å². The van der Waals surface area contributed by atoms with E-state index in [0.29, 0.717) is 30.7 Å². The van der Waals surface area contributed by atoms with Gasteiger partial charge in [-0.1, -0.05) is 54.4 Å². The van der Waals surface area contributed by atoms with Gasteiger partial charge in [-0.05, 0) is 57.2 Å². The SMILES string of the molecule is Cc1ccc(CN2C(=O)c3ccccc3[C@@H]2C(=O)NCCCN2[C@@H](C)CCC[C@@H]2C)cc1. The monoisotopic (exact) mass is 433 g/mol. The number of nitrogens with one attached hydrogen (secondary N) is 1. The first kappa shape index (κ1) is 22.5. The fraction of sp³-hybridized carbons (Fsp3) is 0.481. The first-order valence-electron chi connectivity index (χ1n) is 11.9. The van der Waals surface area contributed by atoms with Crippen LogP contribution in [0.2, 0.25) is 0 Å². The minimum Gasteiger partial charge on any atom is -0.354 e. The smallest absolute Gasteiger partial charge is 0.255 e. The summed E-state index contributed by atoms with van der Waals surface area (Å²) in [6, 6.07) is 16.3. The van der Waals surface area contributed by atoms with Gasteiger partial charge in [0, 0.05) is 37.3 Å². The van der Waals surface area contributed by atoms with Gasteiger partial charge in [0.15, 0.2) is 0 Å². The van der Waals surface area contributed by atoms with Crippen LogP contribution in [-0.4, -0.2) is 46.8 Å². The van der Waals surface area contributed by atoms with Crippen molar-refractivity contribution in [3.05, 3.63) is 70.8 Å². The molecule has 5 heteroatoms. The number of carbonyl (C=O) groups is 2. The Morgan fingerprint density at radius 3 is 2.44 bits per heavy atom. The molecule has 4 rings (SSSR count). The standard InChI is InChI=1S/C27H35N3O2/c1-19-12-14-22(15-13-19)18-30-25(23-10-4-5-11-24(23)27(30)32)26(31)28-16-7-17-29-20(2)8-6-9-21(29)3/h4-5,10-15,20-21,25H,6-9,16-18H2,1-3H3,(H,28,31)/t20-,21-,25+/m0/s1.